The Labute approximate surface area is 126 Å². The lowest BCUT2D eigenvalue weighted by Gasteiger charge is -2.40. The van der Waals surface area contributed by atoms with E-state index < -0.39 is 20.2 Å². The third kappa shape index (κ3) is 6.40. The second-order valence-corrected chi connectivity index (χ2v) is 13.4. The molecule has 0 aliphatic carbocycles. The first-order valence-electron chi connectivity index (χ1n) is 7.58. The Hall–Kier alpha value is -0.353. The molecule has 4 heteroatoms. The fourth-order valence-corrected chi connectivity index (χ4v) is 3.13. The molecule has 0 rings (SSSR count). The Balaban J connectivity index is 5.01. The van der Waals surface area contributed by atoms with Crippen molar-refractivity contribution in [2.45, 2.75) is 85.5 Å². The fourth-order valence-electron chi connectivity index (χ4n) is 1.70. The van der Waals surface area contributed by atoms with E-state index in [1.54, 1.807) is 6.92 Å². The first kappa shape index (κ1) is 19.6. The first-order valence-corrected chi connectivity index (χ1v) is 10.5. The maximum atomic E-state index is 11.3. The molecule has 1 N–H and O–H groups in total. The van der Waals surface area contributed by atoms with E-state index >= 15 is 0 Å². The number of carboxylic acids is 1. The molecule has 0 heterocycles. The maximum absolute atomic E-state index is 11.3. The summed E-state index contributed by atoms with van der Waals surface area (Å²) < 4.78 is 6.38. The quantitative estimate of drug-likeness (QED) is 0.708. The van der Waals surface area contributed by atoms with Gasteiger partial charge in [0.2, 0.25) is 0 Å². The highest BCUT2D eigenvalue weighted by molar-refractivity contribution is 6.74. The van der Waals surface area contributed by atoms with Gasteiger partial charge in [-0.1, -0.05) is 41.5 Å². The molecule has 0 unspecified atom stereocenters. The van der Waals surface area contributed by atoms with Crippen molar-refractivity contribution < 1.29 is 14.3 Å². The second-order valence-electron chi connectivity index (χ2n) is 8.64. The lowest BCUT2D eigenvalue weighted by molar-refractivity contribution is -0.144. The number of carboxylic acid groups (broad SMARTS) is 1. The van der Waals surface area contributed by atoms with Gasteiger partial charge in [0, 0.05) is 0 Å². The van der Waals surface area contributed by atoms with Crippen LogP contribution in [0, 0.1) is 11.3 Å². The van der Waals surface area contributed by atoms with Crippen LogP contribution in [0.5, 0.6) is 0 Å². The van der Waals surface area contributed by atoms with Crippen LogP contribution in [0.15, 0.2) is 0 Å². The molecule has 0 amide bonds. The molecule has 0 spiro atoms. The zero-order chi connectivity index (χ0) is 16.4. The fraction of sp³-hybridized carbons (Fsp3) is 0.938. The molecule has 120 valence electrons. The number of hydrogen-bond acceptors (Lipinski definition) is 2. The van der Waals surface area contributed by atoms with Gasteiger partial charge in [-0.25, -0.2) is 0 Å². The summed E-state index contributed by atoms with van der Waals surface area (Å²) in [5, 5.41) is 9.42. The summed E-state index contributed by atoms with van der Waals surface area (Å²) in [6.45, 7) is 19.2. The Morgan fingerprint density at radius 1 is 1.15 bits per heavy atom. The average molecular weight is 303 g/mol. The molecule has 0 aliphatic heterocycles. The van der Waals surface area contributed by atoms with E-state index in [1.807, 2.05) is 0 Å². The van der Waals surface area contributed by atoms with Crippen molar-refractivity contribution in [2.24, 2.45) is 11.3 Å². The third-order valence-corrected chi connectivity index (χ3v) is 8.88. The van der Waals surface area contributed by atoms with Crippen LogP contribution in [-0.4, -0.2) is 25.5 Å². The predicted octanol–water partition coefficient (Wildman–Crippen LogP) is 4.92. The van der Waals surface area contributed by atoms with Gasteiger partial charge in [-0.3, -0.25) is 4.79 Å². The minimum Gasteiger partial charge on any atom is -0.481 e. The van der Waals surface area contributed by atoms with Gasteiger partial charge in [0.15, 0.2) is 8.32 Å². The van der Waals surface area contributed by atoms with E-state index in [0.29, 0.717) is 0 Å². The molecule has 0 aliphatic rings. The van der Waals surface area contributed by atoms with Crippen LogP contribution in [0.25, 0.3) is 0 Å². The van der Waals surface area contributed by atoms with Gasteiger partial charge in [0.25, 0.3) is 0 Å². The monoisotopic (exact) mass is 302 g/mol. The van der Waals surface area contributed by atoms with Crippen LogP contribution in [-0.2, 0) is 9.22 Å². The standard InChI is InChI=1S/C16H34O3Si/c1-12(14(17)18)13(10-11-15(2,3)4)19-20(8,9)16(5,6)7/h12-13H,10-11H2,1-9H3,(H,17,18)/t12-,13-/m1/s1. The smallest absolute Gasteiger partial charge is 0.308 e. The summed E-state index contributed by atoms with van der Waals surface area (Å²) >= 11 is 0. The number of rotatable bonds is 6. The van der Waals surface area contributed by atoms with Crippen LogP contribution in [0.4, 0.5) is 0 Å². The highest BCUT2D eigenvalue weighted by Gasteiger charge is 2.41. The van der Waals surface area contributed by atoms with Gasteiger partial charge in [-0.2, -0.15) is 0 Å². The average Bonchev–Trinajstić information content (AvgIpc) is 2.19. The highest BCUT2D eigenvalue weighted by Crippen LogP contribution is 2.39. The maximum Gasteiger partial charge on any atom is 0.308 e. The predicted molar refractivity (Wildman–Crippen MR) is 87.6 cm³/mol. The summed E-state index contributed by atoms with van der Waals surface area (Å²) in [7, 11) is -1.94. The molecular weight excluding hydrogens is 268 g/mol. The van der Waals surface area contributed by atoms with Crippen molar-refractivity contribution in [3.05, 3.63) is 0 Å². The van der Waals surface area contributed by atoms with E-state index in [-0.39, 0.29) is 16.6 Å². The summed E-state index contributed by atoms with van der Waals surface area (Å²) in [5.41, 5.74) is 0.202. The van der Waals surface area contributed by atoms with Crippen LogP contribution >= 0.6 is 0 Å². The topological polar surface area (TPSA) is 46.5 Å². The van der Waals surface area contributed by atoms with E-state index in [0.717, 1.165) is 12.8 Å². The largest absolute Gasteiger partial charge is 0.481 e. The van der Waals surface area contributed by atoms with Gasteiger partial charge >= 0.3 is 5.97 Å². The Morgan fingerprint density at radius 2 is 1.60 bits per heavy atom. The molecule has 0 saturated heterocycles. The van der Waals surface area contributed by atoms with E-state index in [4.69, 9.17) is 4.43 Å². The number of aliphatic carboxylic acids is 1. The van der Waals surface area contributed by atoms with E-state index in [2.05, 4.69) is 54.6 Å². The Bertz CT molecular complexity index is 324. The number of hydrogen-bond donors (Lipinski definition) is 1. The van der Waals surface area contributed by atoms with Crippen molar-refractivity contribution in [3.8, 4) is 0 Å². The molecule has 0 radical (unpaired) electrons. The van der Waals surface area contributed by atoms with Gasteiger partial charge in [0.1, 0.15) is 0 Å². The molecular formula is C16H34O3Si. The highest BCUT2D eigenvalue weighted by atomic mass is 28.4. The SMILES string of the molecule is C[C@@H](C(=O)O)[C@@H](CCC(C)(C)C)O[Si](C)(C)C(C)(C)C. The minimum atomic E-state index is -1.94. The first-order chi connectivity index (χ1) is 8.67. The molecule has 0 aromatic carbocycles. The number of carbonyl (C=O) groups is 1. The zero-order valence-corrected chi connectivity index (χ0v) is 15.8. The normalized spacial score (nSPS) is 16.9. The van der Waals surface area contributed by atoms with Gasteiger partial charge in [0.05, 0.1) is 12.0 Å². The summed E-state index contributed by atoms with van der Waals surface area (Å²) in [6.07, 6.45) is 1.60. The summed E-state index contributed by atoms with van der Waals surface area (Å²) in [6, 6.07) is 0. The summed E-state index contributed by atoms with van der Waals surface area (Å²) in [5.74, 6) is -1.21. The lowest BCUT2D eigenvalue weighted by atomic mass is 9.87. The van der Waals surface area contributed by atoms with Crippen molar-refractivity contribution in [1.29, 1.82) is 0 Å². The van der Waals surface area contributed by atoms with Crippen molar-refractivity contribution in [1.82, 2.24) is 0 Å². The molecule has 0 aromatic heterocycles. The molecule has 0 bridgehead atoms. The molecule has 0 fully saturated rings. The van der Waals surface area contributed by atoms with Crippen LogP contribution in [0.2, 0.25) is 18.1 Å². The van der Waals surface area contributed by atoms with Crippen molar-refractivity contribution in [2.75, 3.05) is 0 Å². The molecule has 0 aromatic rings. The second kappa shape index (κ2) is 6.61. The molecule has 2 atom stereocenters. The molecule has 3 nitrogen and oxygen atoms in total. The van der Waals surface area contributed by atoms with Crippen molar-refractivity contribution >= 4 is 14.3 Å². The van der Waals surface area contributed by atoms with Crippen molar-refractivity contribution in [3.63, 3.8) is 0 Å². The van der Waals surface area contributed by atoms with Gasteiger partial charge in [-0.15, -0.1) is 0 Å². The Kier molecular flexibility index (Phi) is 6.49. The van der Waals surface area contributed by atoms with Crippen LogP contribution < -0.4 is 0 Å². The summed E-state index contributed by atoms with van der Waals surface area (Å²) in [4.78, 5) is 11.3. The third-order valence-electron chi connectivity index (χ3n) is 4.38. The van der Waals surface area contributed by atoms with Crippen LogP contribution in [0.1, 0.15) is 61.3 Å². The van der Waals surface area contributed by atoms with E-state index in [1.165, 1.54) is 0 Å². The van der Waals surface area contributed by atoms with E-state index in [9.17, 15) is 9.90 Å². The minimum absolute atomic E-state index is 0.102. The Morgan fingerprint density at radius 3 is 1.90 bits per heavy atom. The zero-order valence-electron chi connectivity index (χ0n) is 14.8. The lowest BCUT2D eigenvalue weighted by Crippen LogP contribution is -2.46. The molecule has 0 saturated carbocycles. The van der Waals surface area contributed by atoms with Gasteiger partial charge < -0.3 is 9.53 Å². The van der Waals surface area contributed by atoms with Crippen LogP contribution in [0.3, 0.4) is 0 Å². The molecule has 20 heavy (non-hydrogen) atoms. The van der Waals surface area contributed by atoms with Gasteiger partial charge in [-0.05, 0) is 43.3 Å².